The van der Waals surface area contributed by atoms with Crippen LogP contribution < -0.4 is 10.5 Å². The minimum Gasteiger partial charge on any atom is -0.490 e. The summed E-state index contributed by atoms with van der Waals surface area (Å²) in [5.41, 5.74) is 5.42. The lowest BCUT2D eigenvalue weighted by Crippen LogP contribution is -2.11. The van der Waals surface area contributed by atoms with Crippen molar-refractivity contribution in [3.8, 4) is 5.75 Å². The highest BCUT2D eigenvalue weighted by molar-refractivity contribution is 6.37. The van der Waals surface area contributed by atoms with Crippen LogP contribution in [0.5, 0.6) is 5.75 Å². The molecule has 0 radical (unpaired) electrons. The Morgan fingerprint density at radius 2 is 1.94 bits per heavy atom. The van der Waals surface area contributed by atoms with Gasteiger partial charge in [-0.05, 0) is 30.9 Å². The van der Waals surface area contributed by atoms with Gasteiger partial charge in [0, 0.05) is 5.56 Å². The number of primary amides is 1. The van der Waals surface area contributed by atoms with E-state index in [4.69, 9.17) is 33.7 Å². The fourth-order valence-electron chi connectivity index (χ4n) is 1.33. The standard InChI is InChI=1S/C11H11Cl2NO2/c12-8-3-7(11(14)15)4-9(13)10(8)16-5-6-1-2-6/h3-4,6H,1-2,5H2,(H2,14,15). The first-order valence-corrected chi connectivity index (χ1v) is 5.75. The van der Waals surface area contributed by atoms with Crippen LogP contribution >= 0.6 is 23.2 Å². The van der Waals surface area contributed by atoms with E-state index in [0.717, 1.165) is 0 Å². The number of carbonyl (C=O) groups is 1. The second kappa shape index (κ2) is 4.52. The summed E-state index contributed by atoms with van der Waals surface area (Å²) in [6.45, 7) is 0.620. The Kier molecular flexibility index (Phi) is 3.26. The second-order valence-electron chi connectivity index (χ2n) is 3.89. The van der Waals surface area contributed by atoms with E-state index in [9.17, 15) is 4.79 Å². The molecule has 1 aromatic rings. The largest absolute Gasteiger partial charge is 0.490 e. The van der Waals surface area contributed by atoms with Crippen LogP contribution in [0.15, 0.2) is 12.1 Å². The van der Waals surface area contributed by atoms with Gasteiger partial charge in [-0.3, -0.25) is 4.79 Å². The van der Waals surface area contributed by atoms with Gasteiger partial charge in [-0.15, -0.1) is 0 Å². The molecule has 5 heteroatoms. The van der Waals surface area contributed by atoms with Crippen LogP contribution in [0.4, 0.5) is 0 Å². The molecule has 1 aromatic carbocycles. The van der Waals surface area contributed by atoms with Gasteiger partial charge in [-0.25, -0.2) is 0 Å². The van der Waals surface area contributed by atoms with E-state index in [2.05, 4.69) is 0 Å². The van der Waals surface area contributed by atoms with Gasteiger partial charge in [-0.2, -0.15) is 0 Å². The number of amides is 1. The third kappa shape index (κ3) is 2.60. The van der Waals surface area contributed by atoms with E-state index in [1.165, 1.54) is 25.0 Å². The van der Waals surface area contributed by atoms with E-state index < -0.39 is 5.91 Å². The molecule has 0 aliphatic heterocycles. The molecule has 0 aromatic heterocycles. The lowest BCUT2D eigenvalue weighted by atomic mass is 10.2. The third-order valence-electron chi connectivity index (χ3n) is 2.44. The van der Waals surface area contributed by atoms with E-state index >= 15 is 0 Å². The molecule has 0 bridgehead atoms. The first-order chi connectivity index (χ1) is 7.58. The van der Waals surface area contributed by atoms with Crippen molar-refractivity contribution in [1.82, 2.24) is 0 Å². The fraction of sp³-hybridized carbons (Fsp3) is 0.364. The zero-order chi connectivity index (χ0) is 11.7. The van der Waals surface area contributed by atoms with E-state index in [1.54, 1.807) is 0 Å². The van der Waals surface area contributed by atoms with Crippen LogP contribution in [-0.2, 0) is 0 Å². The number of nitrogens with two attached hydrogens (primary N) is 1. The predicted octanol–water partition coefficient (Wildman–Crippen LogP) is 2.88. The smallest absolute Gasteiger partial charge is 0.248 e. The van der Waals surface area contributed by atoms with Crippen LogP contribution in [0.25, 0.3) is 0 Å². The molecule has 0 heterocycles. The summed E-state index contributed by atoms with van der Waals surface area (Å²) < 4.78 is 5.51. The van der Waals surface area contributed by atoms with Crippen molar-refractivity contribution in [2.24, 2.45) is 11.7 Å². The SMILES string of the molecule is NC(=O)c1cc(Cl)c(OCC2CC2)c(Cl)c1. The van der Waals surface area contributed by atoms with Crippen molar-refractivity contribution in [2.45, 2.75) is 12.8 Å². The summed E-state index contributed by atoms with van der Waals surface area (Å²) in [7, 11) is 0. The van der Waals surface area contributed by atoms with Crippen molar-refractivity contribution >= 4 is 29.1 Å². The molecule has 1 amide bonds. The second-order valence-corrected chi connectivity index (χ2v) is 4.70. The van der Waals surface area contributed by atoms with Crippen LogP contribution in [-0.4, -0.2) is 12.5 Å². The summed E-state index contributed by atoms with van der Waals surface area (Å²) >= 11 is 11.9. The van der Waals surface area contributed by atoms with Crippen molar-refractivity contribution in [3.05, 3.63) is 27.7 Å². The first-order valence-electron chi connectivity index (χ1n) is 4.99. The maximum Gasteiger partial charge on any atom is 0.248 e. The van der Waals surface area contributed by atoms with Crippen LogP contribution in [0.1, 0.15) is 23.2 Å². The lowest BCUT2D eigenvalue weighted by Gasteiger charge is -2.10. The summed E-state index contributed by atoms with van der Waals surface area (Å²) in [6.07, 6.45) is 2.38. The molecule has 1 aliphatic carbocycles. The Balaban J connectivity index is 2.19. The Morgan fingerprint density at radius 3 is 2.38 bits per heavy atom. The number of hydrogen-bond acceptors (Lipinski definition) is 2. The summed E-state index contributed by atoms with van der Waals surface area (Å²) in [5, 5.41) is 0.643. The molecule has 86 valence electrons. The highest BCUT2D eigenvalue weighted by Crippen LogP contribution is 2.36. The Hall–Kier alpha value is -0.930. The minimum absolute atomic E-state index is 0.286. The molecule has 1 fully saturated rings. The molecule has 0 saturated heterocycles. The maximum atomic E-state index is 11.0. The van der Waals surface area contributed by atoms with Crippen molar-refractivity contribution in [3.63, 3.8) is 0 Å². The van der Waals surface area contributed by atoms with Crippen molar-refractivity contribution in [2.75, 3.05) is 6.61 Å². The molecule has 2 N–H and O–H groups in total. The molecule has 0 atom stereocenters. The van der Waals surface area contributed by atoms with Gasteiger partial charge < -0.3 is 10.5 Å². The quantitative estimate of drug-likeness (QED) is 0.904. The first kappa shape index (κ1) is 11.6. The molecular formula is C11H11Cl2NO2. The lowest BCUT2D eigenvalue weighted by molar-refractivity contribution is 0.100. The van der Waals surface area contributed by atoms with E-state index in [0.29, 0.717) is 28.3 Å². The molecule has 1 saturated carbocycles. The third-order valence-corrected chi connectivity index (χ3v) is 3.00. The fourth-order valence-corrected chi connectivity index (χ4v) is 1.92. The van der Waals surface area contributed by atoms with Crippen LogP contribution in [0.2, 0.25) is 10.0 Å². The van der Waals surface area contributed by atoms with Gasteiger partial charge in [0.05, 0.1) is 16.7 Å². The topological polar surface area (TPSA) is 52.3 Å². The van der Waals surface area contributed by atoms with Gasteiger partial charge in [0.15, 0.2) is 5.75 Å². The average molecular weight is 260 g/mol. The normalized spacial score (nSPS) is 14.9. The zero-order valence-corrected chi connectivity index (χ0v) is 10.0. The van der Waals surface area contributed by atoms with Crippen LogP contribution in [0.3, 0.4) is 0 Å². The van der Waals surface area contributed by atoms with Gasteiger partial charge in [-0.1, -0.05) is 23.2 Å². The highest BCUT2D eigenvalue weighted by atomic mass is 35.5. The summed E-state index contributed by atoms with van der Waals surface area (Å²) in [4.78, 5) is 11.0. The molecule has 0 unspecified atom stereocenters. The zero-order valence-electron chi connectivity index (χ0n) is 8.50. The molecular weight excluding hydrogens is 249 g/mol. The highest BCUT2D eigenvalue weighted by Gasteiger charge is 2.23. The Morgan fingerprint density at radius 1 is 1.38 bits per heavy atom. The Labute approximate surface area is 103 Å². The van der Waals surface area contributed by atoms with Crippen LogP contribution in [0, 0.1) is 5.92 Å². The number of hydrogen-bond donors (Lipinski definition) is 1. The van der Waals surface area contributed by atoms with E-state index in [-0.39, 0.29) is 5.56 Å². The van der Waals surface area contributed by atoms with Crippen molar-refractivity contribution in [1.29, 1.82) is 0 Å². The number of rotatable bonds is 4. The predicted molar refractivity (Wildman–Crippen MR) is 63.2 cm³/mol. The number of halogens is 2. The Bertz CT molecular complexity index is 407. The number of benzene rings is 1. The maximum absolute atomic E-state index is 11.0. The van der Waals surface area contributed by atoms with Gasteiger partial charge in [0.2, 0.25) is 5.91 Å². The molecule has 1 aliphatic rings. The van der Waals surface area contributed by atoms with Gasteiger partial charge in [0.25, 0.3) is 0 Å². The van der Waals surface area contributed by atoms with Gasteiger partial charge >= 0.3 is 0 Å². The van der Waals surface area contributed by atoms with Gasteiger partial charge in [0.1, 0.15) is 0 Å². The molecule has 16 heavy (non-hydrogen) atoms. The molecule has 0 spiro atoms. The molecule has 2 rings (SSSR count). The average Bonchev–Trinajstić information content (AvgIpc) is 2.99. The summed E-state index contributed by atoms with van der Waals surface area (Å²) in [6, 6.07) is 2.94. The number of ether oxygens (including phenoxy) is 1. The number of carbonyl (C=O) groups excluding carboxylic acids is 1. The summed E-state index contributed by atoms with van der Waals surface area (Å²) in [5.74, 6) is 0.487. The minimum atomic E-state index is -0.558. The van der Waals surface area contributed by atoms with Crippen molar-refractivity contribution < 1.29 is 9.53 Å². The molecule has 3 nitrogen and oxygen atoms in total. The van der Waals surface area contributed by atoms with E-state index in [1.807, 2.05) is 0 Å². The monoisotopic (exact) mass is 259 g/mol.